The van der Waals surface area contributed by atoms with Gasteiger partial charge in [-0.25, -0.2) is 0 Å². The molecule has 0 nitrogen and oxygen atoms in total. The monoisotopic (exact) mass is 582 g/mol. The van der Waals surface area contributed by atoms with Crippen LogP contribution in [0, 0.1) is 10.4 Å². The molecule has 2 aliphatic heterocycles. The molecule has 0 unspecified atom stereocenters. The van der Waals surface area contributed by atoms with E-state index in [1.54, 1.807) is 22.3 Å². The molecule has 0 bridgehead atoms. The minimum Gasteiger partial charge on any atom is -0.133 e. The van der Waals surface area contributed by atoms with E-state index >= 15 is 0 Å². The maximum absolute atomic E-state index is 3.12. The minimum atomic E-state index is 0. The summed E-state index contributed by atoms with van der Waals surface area (Å²) in [5, 5.41) is 6.23. The van der Waals surface area contributed by atoms with Crippen molar-refractivity contribution in [1.29, 1.82) is 0 Å². The Kier molecular flexibility index (Phi) is 31.8. The molecule has 3 rings (SSSR count). The molecular weight excluding hydrogens is 550 g/mol. The second-order valence-corrected chi connectivity index (χ2v) is 5.84. The fraction of sp³-hybridized carbons (Fsp3) is 0.333. The summed E-state index contributed by atoms with van der Waals surface area (Å²) in [6.07, 6.45) is 8.16. The predicted octanol–water partition coefficient (Wildman–Crippen LogP) is 5.54. The van der Waals surface area contributed by atoms with Gasteiger partial charge in [0.05, 0.1) is 9.81 Å². The first kappa shape index (κ1) is 38.9. The van der Waals surface area contributed by atoms with Crippen LogP contribution in [0.2, 0.25) is 0 Å². The van der Waals surface area contributed by atoms with Crippen LogP contribution in [-0.2, 0) is 0 Å². The van der Waals surface area contributed by atoms with Crippen LogP contribution in [0.25, 0.3) is 9.81 Å². The van der Waals surface area contributed by atoms with Gasteiger partial charge in [-0.1, -0.05) is 77.3 Å². The molecule has 0 atom stereocenters. The summed E-state index contributed by atoms with van der Waals surface area (Å²) in [6.45, 7) is 0. The zero-order chi connectivity index (χ0) is 10.1. The van der Waals surface area contributed by atoms with Crippen LogP contribution >= 0.6 is 33.7 Å². The Bertz CT molecular complexity index is 670. The maximum Gasteiger partial charge on any atom is 0.0533 e. The third-order valence-corrected chi connectivity index (χ3v) is 5.10. The van der Waals surface area contributed by atoms with Crippen LogP contribution < -0.4 is 9.06 Å². The summed E-state index contributed by atoms with van der Waals surface area (Å²) in [5.41, 5.74) is 0. The molecule has 0 saturated carbocycles. The van der Waals surface area contributed by atoms with Crippen LogP contribution in [0.4, 0.5) is 0 Å². The van der Waals surface area contributed by atoms with Gasteiger partial charge in [-0.15, -0.1) is 11.3 Å². The summed E-state index contributed by atoms with van der Waals surface area (Å²) in [4.78, 5) is 2.60. The molecule has 0 aromatic carbocycles. The van der Waals surface area contributed by atoms with Crippen molar-refractivity contribution in [2.45, 2.75) is 44.6 Å². The van der Waals surface area contributed by atoms with Crippen LogP contribution in [0.3, 0.4) is 0 Å². The van der Waals surface area contributed by atoms with Crippen molar-refractivity contribution in [2.24, 2.45) is 0 Å². The van der Waals surface area contributed by atoms with Gasteiger partial charge in [-0.05, 0) is 36.4 Å². The minimum absolute atomic E-state index is 0. The van der Waals surface area contributed by atoms with Crippen molar-refractivity contribution in [1.82, 2.24) is 0 Å². The van der Waals surface area contributed by atoms with E-state index in [0.717, 1.165) is 0 Å². The molecule has 1 aromatic rings. The second-order valence-electron chi connectivity index (χ2n) is 3.00. The molecule has 2 aliphatic rings. The maximum atomic E-state index is 3.12. The van der Waals surface area contributed by atoms with Crippen molar-refractivity contribution in [3.63, 3.8) is 0 Å². The molecular formula is C18H30S3Sn2. The molecule has 0 aliphatic carbocycles. The molecule has 128 valence electrons. The Morgan fingerprint density at radius 3 is 1.22 bits per heavy atom. The van der Waals surface area contributed by atoms with Gasteiger partial charge in [-0.3, -0.25) is 0 Å². The van der Waals surface area contributed by atoms with E-state index in [-0.39, 0.29) is 92.4 Å². The van der Waals surface area contributed by atoms with E-state index in [1.807, 2.05) is 23.5 Å². The van der Waals surface area contributed by atoms with Gasteiger partial charge >= 0.3 is 0 Å². The summed E-state index contributed by atoms with van der Waals surface area (Å²) in [7, 11) is 0. The molecule has 0 N–H and O–H groups in total. The van der Waals surface area contributed by atoms with Gasteiger partial charge in [0.2, 0.25) is 0 Å². The Hall–Kier alpha value is 0.517. The Morgan fingerprint density at radius 1 is 0.609 bits per heavy atom. The smallest absolute Gasteiger partial charge is 0.0533 e. The van der Waals surface area contributed by atoms with Crippen LogP contribution in [0.5, 0.6) is 0 Å². The van der Waals surface area contributed by atoms with E-state index in [4.69, 9.17) is 0 Å². The van der Waals surface area contributed by atoms with Crippen molar-refractivity contribution >= 4 is 91.3 Å². The van der Waals surface area contributed by atoms with Crippen molar-refractivity contribution in [3.8, 4) is 10.4 Å². The van der Waals surface area contributed by atoms with E-state index in [0.29, 0.717) is 0 Å². The van der Waals surface area contributed by atoms with Crippen molar-refractivity contribution in [2.75, 3.05) is 0 Å². The first-order valence-electron chi connectivity index (χ1n) is 4.46. The molecule has 8 radical (unpaired) electrons. The van der Waals surface area contributed by atoms with E-state index in [9.17, 15) is 0 Å². The third kappa shape index (κ3) is 9.54. The standard InChI is InChI=1S/C12H6S3.6CH4.2Sn/c1-3-9(13-7-1)11-5-6-12(15-11)10-4-2-8-14-10;;;;;;;;/h1-6H;6*1H4;;. The van der Waals surface area contributed by atoms with Gasteiger partial charge in [-0.2, -0.15) is 0 Å². The molecule has 5 heteroatoms. The average Bonchev–Trinajstić information content (AvgIpc) is 3.02. The molecule has 3 heterocycles. The Morgan fingerprint density at radius 2 is 0.957 bits per heavy atom. The first-order valence-corrected chi connectivity index (χ1v) is 6.91. The quantitative estimate of drug-likeness (QED) is 0.354. The topological polar surface area (TPSA) is 0 Å². The Balaban J connectivity index is -0.0000000903. The van der Waals surface area contributed by atoms with E-state index in [2.05, 4.69) is 34.7 Å². The van der Waals surface area contributed by atoms with Gasteiger partial charge in [0.1, 0.15) is 0 Å². The first-order chi connectivity index (χ1) is 7.43. The molecule has 0 amide bonds. The Labute approximate surface area is 190 Å². The normalized spacial score (nSPS) is 15.3. The van der Waals surface area contributed by atoms with E-state index < -0.39 is 0 Å². The largest absolute Gasteiger partial charge is 0.133 e. The van der Waals surface area contributed by atoms with Gasteiger partial charge in [0, 0.05) is 56.9 Å². The van der Waals surface area contributed by atoms with Gasteiger partial charge in [0.25, 0.3) is 0 Å². The number of rotatable bonds is 0. The SMILES string of the molecule is C.C.C.C.C.C.C1#SC(=c2ccc(=C3C=CC#S3)s2)C=C1.[Sn].[Sn]. The summed E-state index contributed by atoms with van der Waals surface area (Å²) in [5.74, 6) is 0. The average molecular weight is 580 g/mol. The van der Waals surface area contributed by atoms with Crippen molar-refractivity contribution in [3.05, 3.63) is 45.5 Å². The number of thiophene rings is 1. The zero-order valence-corrected chi connectivity index (χ0v) is 16.8. The fourth-order valence-electron chi connectivity index (χ4n) is 1.35. The fourth-order valence-corrected chi connectivity index (χ4v) is 3.83. The van der Waals surface area contributed by atoms with Gasteiger partial charge < -0.3 is 0 Å². The number of hydrogen-bond donors (Lipinski definition) is 0. The van der Waals surface area contributed by atoms with Crippen LogP contribution in [0.15, 0.2) is 36.4 Å². The molecule has 0 fully saturated rings. The van der Waals surface area contributed by atoms with Gasteiger partial charge in [0.15, 0.2) is 0 Å². The molecule has 1 aromatic heterocycles. The predicted molar refractivity (Wildman–Crippen MR) is 124 cm³/mol. The van der Waals surface area contributed by atoms with Crippen LogP contribution in [0.1, 0.15) is 44.6 Å². The number of allylic oxidation sites excluding steroid dienone is 2. The van der Waals surface area contributed by atoms with Crippen LogP contribution in [-0.4, -0.2) is 47.8 Å². The zero-order valence-electron chi connectivity index (χ0n) is 8.69. The number of hydrogen-bond acceptors (Lipinski definition) is 1. The van der Waals surface area contributed by atoms with Crippen molar-refractivity contribution < 1.29 is 0 Å². The summed E-state index contributed by atoms with van der Waals surface area (Å²) in [6, 6.07) is 4.36. The summed E-state index contributed by atoms with van der Waals surface area (Å²) >= 11 is 5.16. The van der Waals surface area contributed by atoms with E-state index in [1.165, 1.54) is 18.9 Å². The second kappa shape index (κ2) is 18.9. The molecule has 0 saturated heterocycles. The summed E-state index contributed by atoms with van der Waals surface area (Å²) < 4.78 is 2.65. The molecule has 0 spiro atoms. The third-order valence-electron chi connectivity index (χ3n) is 2.03. The molecule has 23 heavy (non-hydrogen) atoms.